The van der Waals surface area contributed by atoms with E-state index in [1.54, 1.807) is 23.7 Å². The Labute approximate surface area is 191 Å². The van der Waals surface area contributed by atoms with Crippen LogP contribution in [0.4, 0.5) is 0 Å². The second-order valence-corrected chi connectivity index (χ2v) is 9.23. The average Bonchev–Trinajstić information content (AvgIpc) is 3.44. The molecule has 0 fully saturated rings. The molecule has 0 spiro atoms. The number of carbonyl (C=O) groups is 1. The van der Waals surface area contributed by atoms with E-state index in [4.69, 9.17) is 0 Å². The fraction of sp³-hybridized carbons (Fsp3) is 0.130. The van der Waals surface area contributed by atoms with Crippen molar-refractivity contribution in [1.82, 2.24) is 24.8 Å². The predicted molar refractivity (Wildman–Crippen MR) is 128 cm³/mol. The molecule has 3 aromatic heterocycles. The molecule has 9 heteroatoms. The minimum absolute atomic E-state index is 0.130. The number of H-pyrrole nitrogens is 2. The molecule has 3 heterocycles. The molecule has 0 unspecified atom stereocenters. The van der Waals surface area contributed by atoms with E-state index in [2.05, 4.69) is 19.9 Å². The fourth-order valence-corrected chi connectivity index (χ4v) is 4.97. The van der Waals surface area contributed by atoms with E-state index in [1.807, 2.05) is 60.0 Å². The monoisotopic (exact) mass is 461 g/mol. The third kappa shape index (κ3) is 4.17. The van der Waals surface area contributed by atoms with Crippen LogP contribution in [0.5, 0.6) is 0 Å². The van der Waals surface area contributed by atoms with E-state index < -0.39 is 0 Å². The van der Waals surface area contributed by atoms with Crippen molar-refractivity contribution in [1.29, 1.82) is 0 Å². The third-order valence-corrected chi connectivity index (χ3v) is 6.89. The van der Waals surface area contributed by atoms with Gasteiger partial charge in [0.15, 0.2) is 5.16 Å². The molecule has 1 amide bonds. The van der Waals surface area contributed by atoms with Crippen LogP contribution in [0.25, 0.3) is 21.3 Å². The normalized spacial score (nSPS) is 11.3. The lowest BCUT2D eigenvalue weighted by molar-refractivity contribution is 0.0781. The average molecular weight is 462 g/mol. The Balaban J connectivity index is 1.23. The van der Waals surface area contributed by atoms with Crippen LogP contribution in [0.1, 0.15) is 21.7 Å². The number of aromatic amines is 2. The smallest absolute Gasteiger partial charge is 0.268 e. The number of imidazole rings is 1. The number of fused-ring (bicyclic) bond motifs is 2. The molecule has 5 aromatic rings. The maximum atomic E-state index is 12.8. The molecule has 0 bridgehead atoms. The van der Waals surface area contributed by atoms with Crippen LogP contribution in [0.15, 0.2) is 69.9 Å². The minimum Gasteiger partial charge on any atom is -0.334 e. The number of carbonyl (C=O) groups excluding carboxylic acids is 1. The zero-order chi connectivity index (χ0) is 22.1. The molecule has 0 atom stereocenters. The van der Waals surface area contributed by atoms with E-state index in [0.29, 0.717) is 21.6 Å². The summed E-state index contributed by atoms with van der Waals surface area (Å²) in [5.41, 5.74) is 4.14. The van der Waals surface area contributed by atoms with Gasteiger partial charge in [0.2, 0.25) is 0 Å². The number of benzene rings is 2. The Hall–Kier alpha value is -3.43. The summed E-state index contributed by atoms with van der Waals surface area (Å²) < 4.78 is 0.596. The molecular weight excluding hydrogens is 442 g/mol. The highest BCUT2D eigenvalue weighted by Crippen LogP contribution is 2.23. The van der Waals surface area contributed by atoms with Gasteiger partial charge in [-0.3, -0.25) is 9.59 Å². The number of thiophene rings is 1. The summed E-state index contributed by atoms with van der Waals surface area (Å²) in [4.78, 5) is 41.6. The van der Waals surface area contributed by atoms with Gasteiger partial charge in [0, 0.05) is 18.4 Å². The molecule has 0 aliphatic rings. The first kappa shape index (κ1) is 20.5. The second kappa shape index (κ2) is 8.60. The summed E-state index contributed by atoms with van der Waals surface area (Å²) in [6.45, 7) is 0.226. The number of aromatic nitrogens is 4. The number of thioether (sulfide) groups is 1. The topological polar surface area (TPSA) is 94.7 Å². The van der Waals surface area contributed by atoms with Crippen LogP contribution < -0.4 is 5.56 Å². The highest BCUT2D eigenvalue weighted by Gasteiger charge is 2.14. The van der Waals surface area contributed by atoms with Gasteiger partial charge in [0.1, 0.15) is 10.5 Å². The molecule has 0 aliphatic carbocycles. The lowest BCUT2D eigenvalue weighted by atomic mass is 10.1. The Morgan fingerprint density at radius 1 is 1.03 bits per heavy atom. The van der Waals surface area contributed by atoms with Crippen molar-refractivity contribution < 1.29 is 4.79 Å². The van der Waals surface area contributed by atoms with Gasteiger partial charge in [0.25, 0.3) is 11.5 Å². The molecule has 0 saturated carbocycles. The van der Waals surface area contributed by atoms with Crippen molar-refractivity contribution in [3.05, 3.63) is 87.3 Å². The van der Waals surface area contributed by atoms with E-state index in [-0.39, 0.29) is 18.0 Å². The number of nitrogens with one attached hydrogen (secondary N) is 2. The number of nitrogens with zero attached hydrogens (tertiary/aromatic N) is 3. The largest absolute Gasteiger partial charge is 0.334 e. The Morgan fingerprint density at radius 2 is 1.84 bits per heavy atom. The van der Waals surface area contributed by atoms with Crippen LogP contribution in [0.2, 0.25) is 0 Å². The van der Waals surface area contributed by atoms with Gasteiger partial charge in [-0.25, -0.2) is 9.97 Å². The highest BCUT2D eigenvalue weighted by atomic mass is 32.2. The second-order valence-electron chi connectivity index (χ2n) is 7.35. The zero-order valence-electron chi connectivity index (χ0n) is 17.2. The summed E-state index contributed by atoms with van der Waals surface area (Å²) >= 11 is 2.98. The molecule has 0 radical (unpaired) electrons. The predicted octanol–water partition coefficient (Wildman–Crippen LogP) is 4.43. The standard InChI is InChI=1S/C23H19N5O2S2/c1-28(12-19-24-18-10-11-31-20(18)21(29)27-19)22(30)15-8-6-14(7-9-15)13-32-23-25-16-4-2-3-5-17(16)26-23/h2-11H,12-13H2,1H3,(H,25,26)(H,24,27,29). The maximum absolute atomic E-state index is 12.8. The van der Waals surface area contributed by atoms with Crippen molar-refractivity contribution in [2.75, 3.05) is 7.05 Å². The van der Waals surface area contributed by atoms with Crippen LogP contribution in [-0.4, -0.2) is 37.8 Å². The van der Waals surface area contributed by atoms with Crippen LogP contribution >= 0.6 is 23.1 Å². The first-order valence-electron chi connectivity index (χ1n) is 9.95. The van der Waals surface area contributed by atoms with Gasteiger partial charge in [-0.2, -0.15) is 0 Å². The van der Waals surface area contributed by atoms with E-state index in [0.717, 1.165) is 27.5 Å². The summed E-state index contributed by atoms with van der Waals surface area (Å²) in [7, 11) is 1.70. The maximum Gasteiger partial charge on any atom is 0.268 e. The fourth-order valence-electron chi connectivity index (χ4n) is 3.41. The van der Waals surface area contributed by atoms with Gasteiger partial charge >= 0.3 is 0 Å². The van der Waals surface area contributed by atoms with Crippen molar-refractivity contribution in [2.24, 2.45) is 0 Å². The number of amides is 1. The lowest BCUT2D eigenvalue weighted by Gasteiger charge is -2.16. The van der Waals surface area contributed by atoms with Crippen molar-refractivity contribution >= 4 is 50.3 Å². The lowest BCUT2D eigenvalue weighted by Crippen LogP contribution is -2.28. The Morgan fingerprint density at radius 3 is 2.66 bits per heavy atom. The summed E-state index contributed by atoms with van der Waals surface area (Å²) in [5.74, 6) is 1.08. The van der Waals surface area contributed by atoms with Gasteiger partial charge in [-0.15, -0.1) is 11.3 Å². The van der Waals surface area contributed by atoms with Crippen molar-refractivity contribution in [3.63, 3.8) is 0 Å². The minimum atomic E-state index is -0.174. The van der Waals surface area contributed by atoms with Gasteiger partial charge in [0.05, 0.1) is 23.1 Å². The van der Waals surface area contributed by atoms with Crippen LogP contribution in [0, 0.1) is 0 Å². The van der Waals surface area contributed by atoms with Crippen molar-refractivity contribution in [2.45, 2.75) is 17.5 Å². The Bertz CT molecular complexity index is 1440. The Kier molecular flexibility index (Phi) is 5.50. The summed E-state index contributed by atoms with van der Waals surface area (Å²) in [6.07, 6.45) is 0. The van der Waals surface area contributed by atoms with E-state index >= 15 is 0 Å². The van der Waals surface area contributed by atoms with Crippen LogP contribution in [-0.2, 0) is 12.3 Å². The molecule has 5 rings (SSSR count). The van der Waals surface area contributed by atoms with Crippen molar-refractivity contribution in [3.8, 4) is 0 Å². The molecule has 0 saturated heterocycles. The molecule has 0 aliphatic heterocycles. The molecule has 2 N–H and O–H groups in total. The highest BCUT2D eigenvalue weighted by molar-refractivity contribution is 7.98. The third-order valence-electron chi connectivity index (χ3n) is 5.04. The van der Waals surface area contributed by atoms with Gasteiger partial charge < -0.3 is 14.9 Å². The number of para-hydroxylation sites is 2. The first-order chi connectivity index (χ1) is 15.6. The molecule has 32 heavy (non-hydrogen) atoms. The molecule has 7 nitrogen and oxygen atoms in total. The first-order valence-corrected chi connectivity index (χ1v) is 11.8. The van der Waals surface area contributed by atoms with Gasteiger partial charge in [-0.1, -0.05) is 36.0 Å². The summed E-state index contributed by atoms with van der Waals surface area (Å²) in [5, 5.41) is 2.70. The number of rotatable bonds is 6. The SMILES string of the molecule is CN(Cc1nc2ccsc2c(=O)[nH]1)C(=O)c1ccc(CSc2nc3ccccc3[nH]2)cc1. The van der Waals surface area contributed by atoms with E-state index in [9.17, 15) is 9.59 Å². The van der Waals surface area contributed by atoms with Gasteiger partial charge in [-0.05, 0) is 41.3 Å². The van der Waals surface area contributed by atoms with E-state index in [1.165, 1.54) is 11.3 Å². The number of hydrogen-bond acceptors (Lipinski definition) is 6. The molecule has 2 aromatic carbocycles. The summed E-state index contributed by atoms with van der Waals surface area (Å²) in [6, 6.07) is 17.3. The zero-order valence-corrected chi connectivity index (χ0v) is 18.8. The molecular formula is C23H19N5O2S2. The quantitative estimate of drug-likeness (QED) is 0.365. The number of hydrogen-bond donors (Lipinski definition) is 2. The van der Waals surface area contributed by atoms with Crippen LogP contribution in [0.3, 0.4) is 0 Å². The molecule has 160 valence electrons.